The van der Waals surface area contributed by atoms with Crippen LogP contribution in [0.3, 0.4) is 0 Å². The Hall–Kier alpha value is -0.810. The number of aliphatic imine (C=N–C) groups is 1. The monoisotopic (exact) mass is 377 g/mol. The molecule has 2 N–H and O–H groups in total. The van der Waals surface area contributed by atoms with Crippen LogP contribution in [-0.2, 0) is 0 Å². The third-order valence-corrected chi connectivity index (χ3v) is 6.98. The largest absolute Gasteiger partial charge is 0.357 e. The molecule has 156 valence electrons. The van der Waals surface area contributed by atoms with Crippen molar-refractivity contribution in [1.82, 2.24) is 20.4 Å². The van der Waals surface area contributed by atoms with Gasteiger partial charge < -0.3 is 20.4 Å². The van der Waals surface area contributed by atoms with Gasteiger partial charge in [-0.3, -0.25) is 4.99 Å². The molecule has 0 spiro atoms. The molecule has 1 aliphatic heterocycles. The van der Waals surface area contributed by atoms with Gasteiger partial charge in [-0.05, 0) is 52.5 Å². The Bertz CT molecular complexity index is 432. The zero-order valence-corrected chi connectivity index (χ0v) is 17.9. The molecule has 3 rings (SSSR count). The van der Waals surface area contributed by atoms with Gasteiger partial charge in [-0.2, -0.15) is 0 Å². The number of guanidine groups is 1. The predicted octanol–water partition coefficient (Wildman–Crippen LogP) is 3.21. The zero-order valence-electron chi connectivity index (χ0n) is 17.9. The third kappa shape index (κ3) is 6.63. The number of nitrogens with one attached hydrogen (secondary N) is 2. The van der Waals surface area contributed by atoms with Crippen LogP contribution >= 0.6 is 0 Å². The lowest BCUT2D eigenvalue weighted by molar-refractivity contribution is 0.119. The highest BCUT2D eigenvalue weighted by atomic mass is 15.2. The molecule has 1 heterocycles. The second-order valence-corrected chi connectivity index (χ2v) is 8.93. The molecule has 0 aromatic rings. The van der Waals surface area contributed by atoms with E-state index in [1.54, 1.807) is 0 Å². The van der Waals surface area contributed by atoms with Crippen molar-refractivity contribution in [2.45, 2.75) is 95.7 Å². The first-order valence-electron chi connectivity index (χ1n) is 11.8. The summed E-state index contributed by atoms with van der Waals surface area (Å²) in [5.41, 5.74) is 0. The number of rotatable bonds is 7. The molecule has 27 heavy (non-hydrogen) atoms. The summed E-state index contributed by atoms with van der Waals surface area (Å²) in [5, 5.41) is 7.17. The van der Waals surface area contributed by atoms with Gasteiger partial charge in [0.05, 0.1) is 6.54 Å². The third-order valence-electron chi connectivity index (χ3n) is 6.98. The number of likely N-dealkylation sites (tertiary alicyclic amines) is 1. The van der Waals surface area contributed by atoms with E-state index in [2.05, 4.69) is 34.4 Å². The summed E-state index contributed by atoms with van der Waals surface area (Å²) < 4.78 is 0. The minimum absolute atomic E-state index is 0.579. The molecule has 0 unspecified atom stereocenters. The first kappa shape index (κ1) is 20.9. The molecule has 5 heteroatoms. The number of likely N-dealkylation sites (N-methyl/N-ethyl adjacent to an activating group) is 1. The van der Waals surface area contributed by atoms with E-state index in [1.807, 2.05) is 0 Å². The fourth-order valence-corrected chi connectivity index (χ4v) is 5.22. The SMILES string of the molecule is CCNC(=NCCN(C)C1CCCC1)NC1CCN(C2CCCCC2)CC1. The molecule has 0 aromatic carbocycles. The maximum Gasteiger partial charge on any atom is 0.191 e. The number of hydrogen-bond donors (Lipinski definition) is 2. The fraction of sp³-hybridized carbons (Fsp3) is 0.955. The average Bonchev–Trinajstić information content (AvgIpc) is 3.24. The van der Waals surface area contributed by atoms with Crippen molar-refractivity contribution < 1.29 is 0 Å². The standard InChI is InChI=1S/C22H43N5/c1-3-23-22(24-15-18-26(2)20-9-7-8-10-20)25-19-13-16-27(17-14-19)21-11-5-4-6-12-21/h19-21H,3-18H2,1-2H3,(H2,23,24,25). The summed E-state index contributed by atoms with van der Waals surface area (Å²) in [4.78, 5) is 10.1. The van der Waals surface area contributed by atoms with E-state index >= 15 is 0 Å². The Labute approximate surface area is 167 Å². The molecule has 2 aliphatic carbocycles. The normalized spacial score (nSPS) is 24.6. The molecule has 0 bridgehead atoms. The van der Waals surface area contributed by atoms with E-state index in [0.717, 1.165) is 37.7 Å². The van der Waals surface area contributed by atoms with E-state index in [1.165, 1.54) is 83.7 Å². The Morgan fingerprint density at radius 2 is 1.63 bits per heavy atom. The maximum absolute atomic E-state index is 4.87. The van der Waals surface area contributed by atoms with Gasteiger partial charge in [0.2, 0.25) is 0 Å². The van der Waals surface area contributed by atoms with E-state index in [0.29, 0.717) is 6.04 Å². The lowest BCUT2D eigenvalue weighted by Crippen LogP contribution is -2.51. The zero-order chi connectivity index (χ0) is 18.9. The van der Waals surface area contributed by atoms with Gasteiger partial charge >= 0.3 is 0 Å². The topological polar surface area (TPSA) is 42.9 Å². The summed E-state index contributed by atoms with van der Waals surface area (Å²) in [7, 11) is 2.27. The highest BCUT2D eigenvalue weighted by Gasteiger charge is 2.26. The van der Waals surface area contributed by atoms with Crippen LogP contribution in [0, 0.1) is 0 Å². The Balaban J connectivity index is 1.39. The van der Waals surface area contributed by atoms with Gasteiger partial charge in [0, 0.05) is 44.3 Å². The summed E-state index contributed by atoms with van der Waals surface area (Å²) in [6.45, 7) is 7.57. The van der Waals surface area contributed by atoms with Crippen LogP contribution in [0.25, 0.3) is 0 Å². The summed E-state index contributed by atoms with van der Waals surface area (Å²) in [5.74, 6) is 1.02. The van der Waals surface area contributed by atoms with E-state index in [4.69, 9.17) is 4.99 Å². The molecule has 3 fully saturated rings. The van der Waals surface area contributed by atoms with Crippen LogP contribution < -0.4 is 10.6 Å². The van der Waals surface area contributed by atoms with Crippen molar-refractivity contribution in [3.8, 4) is 0 Å². The van der Waals surface area contributed by atoms with Gasteiger partial charge in [-0.25, -0.2) is 0 Å². The Morgan fingerprint density at radius 3 is 2.30 bits per heavy atom. The summed E-state index contributed by atoms with van der Waals surface area (Å²) >= 11 is 0. The second kappa shape index (κ2) is 11.3. The number of hydrogen-bond acceptors (Lipinski definition) is 3. The van der Waals surface area contributed by atoms with Gasteiger partial charge in [-0.1, -0.05) is 32.1 Å². The first-order chi connectivity index (χ1) is 13.3. The molecule has 0 atom stereocenters. The van der Waals surface area contributed by atoms with Gasteiger partial charge in [0.1, 0.15) is 0 Å². The first-order valence-corrected chi connectivity index (χ1v) is 11.8. The molecule has 2 saturated carbocycles. The van der Waals surface area contributed by atoms with Crippen molar-refractivity contribution in [2.24, 2.45) is 4.99 Å². The van der Waals surface area contributed by atoms with Gasteiger partial charge in [-0.15, -0.1) is 0 Å². The molecule has 3 aliphatic rings. The summed E-state index contributed by atoms with van der Waals surface area (Å²) in [6, 6.07) is 2.24. The van der Waals surface area contributed by atoms with Crippen LogP contribution in [0.2, 0.25) is 0 Å². The smallest absolute Gasteiger partial charge is 0.191 e. The number of piperidine rings is 1. The maximum atomic E-state index is 4.87. The fourth-order valence-electron chi connectivity index (χ4n) is 5.22. The molecule has 0 radical (unpaired) electrons. The van der Waals surface area contributed by atoms with Crippen LogP contribution in [-0.4, -0.2) is 73.7 Å². The molecule has 0 aromatic heterocycles. The quantitative estimate of drug-likeness (QED) is 0.528. The molecular weight excluding hydrogens is 334 g/mol. The van der Waals surface area contributed by atoms with E-state index in [9.17, 15) is 0 Å². The van der Waals surface area contributed by atoms with Crippen LogP contribution in [0.1, 0.15) is 77.6 Å². The van der Waals surface area contributed by atoms with Crippen molar-refractivity contribution in [3.05, 3.63) is 0 Å². The molecule has 1 saturated heterocycles. The van der Waals surface area contributed by atoms with Crippen LogP contribution in [0.4, 0.5) is 0 Å². The molecule has 0 amide bonds. The lowest BCUT2D eigenvalue weighted by atomic mass is 9.92. The van der Waals surface area contributed by atoms with Crippen molar-refractivity contribution in [1.29, 1.82) is 0 Å². The molecule has 5 nitrogen and oxygen atoms in total. The summed E-state index contributed by atoms with van der Waals surface area (Å²) in [6.07, 6.45) is 15.2. The van der Waals surface area contributed by atoms with Gasteiger partial charge in [0.25, 0.3) is 0 Å². The highest BCUT2D eigenvalue weighted by molar-refractivity contribution is 5.80. The van der Waals surface area contributed by atoms with Crippen molar-refractivity contribution >= 4 is 5.96 Å². The molecular formula is C22H43N5. The van der Waals surface area contributed by atoms with Crippen molar-refractivity contribution in [3.63, 3.8) is 0 Å². The minimum atomic E-state index is 0.579. The Kier molecular flexibility index (Phi) is 8.72. The van der Waals surface area contributed by atoms with Gasteiger partial charge in [0.15, 0.2) is 5.96 Å². The minimum Gasteiger partial charge on any atom is -0.357 e. The average molecular weight is 378 g/mol. The Morgan fingerprint density at radius 1 is 0.963 bits per heavy atom. The second-order valence-electron chi connectivity index (χ2n) is 8.93. The van der Waals surface area contributed by atoms with Crippen LogP contribution in [0.5, 0.6) is 0 Å². The number of nitrogens with zero attached hydrogens (tertiary/aromatic N) is 3. The van der Waals surface area contributed by atoms with E-state index in [-0.39, 0.29) is 0 Å². The highest BCUT2D eigenvalue weighted by Crippen LogP contribution is 2.25. The van der Waals surface area contributed by atoms with E-state index < -0.39 is 0 Å². The lowest BCUT2D eigenvalue weighted by Gasteiger charge is -2.39. The van der Waals surface area contributed by atoms with Crippen molar-refractivity contribution in [2.75, 3.05) is 39.8 Å². The van der Waals surface area contributed by atoms with Crippen LogP contribution in [0.15, 0.2) is 4.99 Å². The predicted molar refractivity (Wildman–Crippen MR) is 115 cm³/mol.